The Morgan fingerprint density at radius 1 is 1.03 bits per heavy atom. The maximum atomic E-state index is 13.3. The van der Waals surface area contributed by atoms with Crippen molar-refractivity contribution in [2.45, 2.75) is 58.0 Å². The van der Waals surface area contributed by atoms with Crippen molar-refractivity contribution < 1.29 is 19.4 Å². The summed E-state index contributed by atoms with van der Waals surface area (Å²) in [5, 5.41) is 10.0. The third-order valence-electron chi connectivity index (χ3n) is 7.01. The number of halogens is 1. The van der Waals surface area contributed by atoms with Gasteiger partial charge in [0.2, 0.25) is 0 Å². The molecule has 37 heavy (non-hydrogen) atoms. The smallest absolute Gasteiger partial charge is 0.323 e. The van der Waals surface area contributed by atoms with Crippen molar-refractivity contribution in [2.24, 2.45) is 0 Å². The van der Waals surface area contributed by atoms with E-state index in [0.717, 1.165) is 36.1 Å². The Morgan fingerprint density at radius 3 is 2.35 bits per heavy atom. The van der Waals surface area contributed by atoms with Gasteiger partial charge in [-0.2, -0.15) is 0 Å². The highest BCUT2D eigenvalue weighted by molar-refractivity contribution is 6.30. The number of ether oxygens (including phenoxy) is 1. The fourth-order valence-electron chi connectivity index (χ4n) is 4.81. The van der Waals surface area contributed by atoms with Crippen molar-refractivity contribution >= 4 is 23.5 Å². The second kappa shape index (κ2) is 11.4. The normalized spacial score (nSPS) is 16.7. The molecule has 1 heterocycles. The zero-order valence-electron chi connectivity index (χ0n) is 21.7. The first-order valence-corrected chi connectivity index (χ1v) is 13.2. The van der Waals surface area contributed by atoms with Gasteiger partial charge in [0, 0.05) is 23.6 Å². The zero-order valence-corrected chi connectivity index (χ0v) is 22.4. The van der Waals surface area contributed by atoms with Gasteiger partial charge < -0.3 is 14.7 Å². The lowest BCUT2D eigenvalue weighted by Crippen LogP contribution is -2.39. The number of carbonyl (C=O) groups is 2. The SMILES string of the molecule is CC(C)c1ccc(CC2(C)CCc3cc(C(=O)N(CCc4ccc(Cl)cc4)CC(=O)O)ccc3O2)cc1. The summed E-state index contributed by atoms with van der Waals surface area (Å²) in [6.45, 7) is 6.46. The van der Waals surface area contributed by atoms with Crippen molar-refractivity contribution in [3.8, 4) is 5.75 Å². The molecular weight excluding hydrogens is 486 g/mol. The summed E-state index contributed by atoms with van der Waals surface area (Å²) in [6, 6.07) is 21.5. The highest BCUT2D eigenvalue weighted by atomic mass is 35.5. The summed E-state index contributed by atoms with van der Waals surface area (Å²) >= 11 is 5.95. The van der Waals surface area contributed by atoms with Crippen LogP contribution in [0.2, 0.25) is 5.02 Å². The third kappa shape index (κ3) is 6.92. The van der Waals surface area contributed by atoms with Gasteiger partial charge in [-0.25, -0.2) is 0 Å². The minimum atomic E-state index is -1.04. The van der Waals surface area contributed by atoms with Crippen LogP contribution >= 0.6 is 11.6 Å². The molecule has 0 aromatic heterocycles. The molecule has 6 heteroatoms. The Bertz CT molecular complexity index is 1250. The van der Waals surface area contributed by atoms with Crippen molar-refractivity contribution in [3.05, 3.63) is 99.6 Å². The number of aliphatic carboxylic acids is 1. The Balaban J connectivity index is 1.45. The van der Waals surface area contributed by atoms with E-state index in [1.807, 2.05) is 24.3 Å². The Labute approximate surface area is 224 Å². The lowest BCUT2D eigenvalue weighted by Gasteiger charge is -2.36. The fraction of sp³-hybridized carbons (Fsp3) is 0.355. The van der Waals surface area contributed by atoms with Crippen molar-refractivity contribution in [1.29, 1.82) is 0 Å². The molecular formula is C31H34ClNO4. The minimum Gasteiger partial charge on any atom is -0.487 e. The molecule has 3 aromatic rings. The van der Waals surface area contributed by atoms with Gasteiger partial charge in [-0.3, -0.25) is 9.59 Å². The number of carbonyl (C=O) groups excluding carboxylic acids is 1. The average Bonchev–Trinajstić information content (AvgIpc) is 2.86. The van der Waals surface area contributed by atoms with Gasteiger partial charge in [0.25, 0.3) is 5.91 Å². The summed E-state index contributed by atoms with van der Waals surface area (Å²) < 4.78 is 6.45. The third-order valence-corrected chi connectivity index (χ3v) is 7.26. The predicted octanol–water partition coefficient (Wildman–Crippen LogP) is 6.56. The Morgan fingerprint density at radius 2 is 1.70 bits per heavy atom. The largest absolute Gasteiger partial charge is 0.487 e. The maximum Gasteiger partial charge on any atom is 0.323 e. The monoisotopic (exact) mass is 519 g/mol. The topological polar surface area (TPSA) is 66.8 Å². The molecule has 0 bridgehead atoms. The van der Waals surface area contributed by atoms with Gasteiger partial charge in [0.1, 0.15) is 17.9 Å². The highest BCUT2D eigenvalue weighted by Crippen LogP contribution is 2.36. The standard InChI is InChI=1S/C31H34ClNO4/c1-21(2)24-8-4-23(5-9-24)19-31(3)16-14-25-18-26(10-13-28(25)37-31)30(36)33(20-29(34)35)17-15-22-6-11-27(32)12-7-22/h4-13,18,21H,14-17,19-20H2,1-3H3,(H,34,35). The van der Waals surface area contributed by atoms with Crippen LogP contribution in [-0.2, 0) is 24.1 Å². The molecule has 1 aliphatic rings. The molecule has 1 atom stereocenters. The highest BCUT2D eigenvalue weighted by Gasteiger charge is 2.32. The first-order valence-electron chi connectivity index (χ1n) is 12.8. The Kier molecular flexibility index (Phi) is 8.23. The molecule has 0 saturated heterocycles. The summed E-state index contributed by atoms with van der Waals surface area (Å²) in [5.41, 5.74) is 4.69. The number of fused-ring (bicyclic) bond motifs is 1. The molecule has 1 amide bonds. The van der Waals surface area contributed by atoms with Crippen molar-refractivity contribution in [2.75, 3.05) is 13.1 Å². The summed E-state index contributed by atoms with van der Waals surface area (Å²) in [5.74, 6) is -0.0426. The quantitative estimate of drug-likeness (QED) is 0.347. The van der Waals surface area contributed by atoms with Gasteiger partial charge in [-0.1, -0.05) is 61.8 Å². The number of hydrogen-bond donors (Lipinski definition) is 1. The number of carboxylic acid groups (broad SMARTS) is 1. The molecule has 0 aliphatic carbocycles. The van der Waals surface area contributed by atoms with Crippen LogP contribution in [0.1, 0.15) is 65.7 Å². The number of aryl methyl sites for hydroxylation is 1. The van der Waals surface area contributed by atoms with E-state index >= 15 is 0 Å². The van der Waals surface area contributed by atoms with Crippen LogP contribution in [0.3, 0.4) is 0 Å². The van der Waals surface area contributed by atoms with Crippen LogP contribution < -0.4 is 4.74 Å². The number of rotatable bonds is 9. The Hall–Kier alpha value is -3.31. The molecule has 3 aromatic carbocycles. The number of hydrogen-bond acceptors (Lipinski definition) is 3. The average molecular weight is 520 g/mol. The van der Waals surface area contributed by atoms with Crippen molar-refractivity contribution in [3.63, 3.8) is 0 Å². The predicted molar refractivity (Wildman–Crippen MR) is 147 cm³/mol. The van der Waals surface area contributed by atoms with Crippen LogP contribution in [0.5, 0.6) is 5.75 Å². The van der Waals surface area contributed by atoms with Crippen LogP contribution in [0.4, 0.5) is 0 Å². The number of nitrogens with zero attached hydrogens (tertiary/aromatic N) is 1. The molecule has 0 radical (unpaired) electrons. The van der Waals surface area contributed by atoms with Crippen molar-refractivity contribution in [1.82, 2.24) is 4.90 Å². The number of amides is 1. The fourth-order valence-corrected chi connectivity index (χ4v) is 4.94. The molecule has 1 unspecified atom stereocenters. The van der Waals surface area contributed by atoms with E-state index in [1.165, 1.54) is 16.0 Å². The first kappa shape index (κ1) is 26.7. The second-order valence-electron chi connectivity index (χ2n) is 10.4. The summed E-state index contributed by atoms with van der Waals surface area (Å²) in [6.07, 6.45) is 2.98. The number of carboxylic acids is 1. The zero-order chi connectivity index (χ0) is 26.6. The lowest BCUT2D eigenvalue weighted by molar-refractivity contribution is -0.137. The molecule has 0 fully saturated rings. The molecule has 194 valence electrons. The van der Waals surface area contributed by atoms with E-state index in [-0.39, 0.29) is 18.1 Å². The maximum absolute atomic E-state index is 13.3. The van der Waals surface area contributed by atoms with Gasteiger partial charge >= 0.3 is 5.97 Å². The first-order chi connectivity index (χ1) is 17.6. The second-order valence-corrected chi connectivity index (χ2v) is 10.9. The van der Waals surface area contributed by atoms with E-state index in [1.54, 1.807) is 18.2 Å². The lowest BCUT2D eigenvalue weighted by atomic mass is 9.86. The van der Waals surface area contributed by atoms with E-state index in [9.17, 15) is 14.7 Å². The molecule has 1 aliphatic heterocycles. The summed E-state index contributed by atoms with van der Waals surface area (Å²) in [4.78, 5) is 26.1. The van der Waals surface area contributed by atoms with Crippen LogP contribution in [0, 0.1) is 0 Å². The van der Waals surface area contributed by atoms with Gasteiger partial charge in [0.15, 0.2) is 0 Å². The van der Waals surface area contributed by atoms with Gasteiger partial charge in [-0.15, -0.1) is 0 Å². The molecule has 1 N–H and O–H groups in total. The molecule has 0 spiro atoms. The molecule has 0 saturated carbocycles. The van der Waals surface area contributed by atoms with E-state index in [4.69, 9.17) is 16.3 Å². The van der Waals surface area contributed by atoms with E-state index in [2.05, 4.69) is 45.0 Å². The van der Waals surface area contributed by atoms with Gasteiger partial charge in [-0.05, 0) is 84.7 Å². The van der Waals surface area contributed by atoms with Crippen LogP contribution in [0.15, 0.2) is 66.7 Å². The van der Waals surface area contributed by atoms with Crippen LogP contribution in [-0.4, -0.2) is 40.6 Å². The van der Waals surface area contributed by atoms with E-state index in [0.29, 0.717) is 29.5 Å². The minimum absolute atomic E-state index is 0.294. The molecule has 5 nitrogen and oxygen atoms in total. The van der Waals surface area contributed by atoms with E-state index < -0.39 is 5.97 Å². The van der Waals surface area contributed by atoms with Crippen LogP contribution in [0.25, 0.3) is 0 Å². The van der Waals surface area contributed by atoms with Gasteiger partial charge in [0.05, 0.1) is 0 Å². The number of benzene rings is 3. The molecule has 4 rings (SSSR count). The summed E-state index contributed by atoms with van der Waals surface area (Å²) in [7, 11) is 0.